The first-order chi connectivity index (χ1) is 10.3. The second kappa shape index (κ2) is 6.94. The van der Waals surface area contributed by atoms with Crippen molar-refractivity contribution < 1.29 is 17.6 Å². The summed E-state index contributed by atoms with van der Waals surface area (Å²) in [6, 6.07) is 2.62. The fraction of sp³-hybridized carbons (Fsp3) is 0.533. The minimum absolute atomic E-state index is 0.0822. The first-order valence-electron chi connectivity index (χ1n) is 7.23. The van der Waals surface area contributed by atoms with Crippen LogP contribution in [0.5, 0.6) is 0 Å². The molecule has 0 aromatic heterocycles. The number of nitrogens with two attached hydrogens (primary N) is 1. The normalized spacial score (nSPS) is 13.9. The van der Waals surface area contributed by atoms with E-state index in [1.54, 1.807) is 34.6 Å². The van der Waals surface area contributed by atoms with Gasteiger partial charge in [-0.05, 0) is 44.9 Å². The van der Waals surface area contributed by atoms with E-state index in [2.05, 4.69) is 10.0 Å². The second-order valence-electron chi connectivity index (χ2n) is 6.76. The van der Waals surface area contributed by atoms with Gasteiger partial charge in [0.15, 0.2) is 0 Å². The molecule has 4 N–H and O–H groups in total. The molecule has 1 rings (SSSR count). The highest BCUT2D eigenvalue weighted by atomic mass is 32.2. The Bertz CT molecular complexity index is 682. The highest BCUT2D eigenvalue weighted by molar-refractivity contribution is 7.89. The largest absolute Gasteiger partial charge is 0.325 e. The van der Waals surface area contributed by atoms with E-state index >= 15 is 0 Å². The summed E-state index contributed by atoms with van der Waals surface area (Å²) in [6.07, 6.45) is 0. The minimum Gasteiger partial charge on any atom is -0.325 e. The number of carbonyl (C=O) groups is 1. The molecule has 0 heterocycles. The van der Waals surface area contributed by atoms with Crippen molar-refractivity contribution in [2.75, 3.05) is 5.32 Å². The lowest BCUT2D eigenvalue weighted by Gasteiger charge is -2.21. The van der Waals surface area contributed by atoms with Gasteiger partial charge < -0.3 is 11.1 Å². The van der Waals surface area contributed by atoms with Crippen LogP contribution in [0.25, 0.3) is 0 Å². The molecule has 130 valence electrons. The van der Waals surface area contributed by atoms with E-state index in [0.29, 0.717) is 0 Å². The van der Waals surface area contributed by atoms with Crippen molar-refractivity contribution >= 4 is 21.6 Å². The molecule has 0 aliphatic carbocycles. The van der Waals surface area contributed by atoms with Gasteiger partial charge in [-0.2, -0.15) is 0 Å². The molecule has 8 heteroatoms. The van der Waals surface area contributed by atoms with Crippen LogP contribution in [0.15, 0.2) is 23.1 Å². The third-order valence-corrected chi connectivity index (χ3v) is 4.72. The maximum absolute atomic E-state index is 13.9. The molecule has 6 nitrogen and oxygen atoms in total. The Balaban J connectivity index is 3.12. The van der Waals surface area contributed by atoms with E-state index in [1.165, 1.54) is 6.07 Å². The van der Waals surface area contributed by atoms with Crippen LogP contribution in [-0.2, 0) is 14.8 Å². The van der Waals surface area contributed by atoms with Gasteiger partial charge in [0.05, 0.1) is 6.04 Å². The van der Waals surface area contributed by atoms with Crippen LogP contribution in [0.2, 0.25) is 0 Å². The zero-order chi connectivity index (χ0) is 18.0. The number of rotatable bonds is 5. The Hall–Kier alpha value is -1.51. The summed E-state index contributed by atoms with van der Waals surface area (Å²) in [5, 5.41) is 2.50. The van der Waals surface area contributed by atoms with E-state index < -0.39 is 38.2 Å². The fourth-order valence-electron chi connectivity index (χ4n) is 1.77. The SMILES string of the molecule is CC(C)[C@H](N)C(=O)Nc1ccc(F)c(S(=O)(=O)NC(C)(C)C)c1. The molecule has 0 saturated heterocycles. The Kier molecular flexibility index (Phi) is 5.89. The van der Waals surface area contributed by atoms with Gasteiger partial charge in [-0.1, -0.05) is 13.8 Å². The Morgan fingerprint density at radius 1 is 1.26 bits per heavy atom. The topological polar surface area (TPSA) is 101 Å². The third-order valence-electron chi connectivity index (χ3n) is 2.95. The number of hydrogen-bond donors (Lipinski definition) is 3. The average molecular weight is 345 g/mol. The summed E-state index contributed by atoms with van der Waals surface area (Å²) in [4.78, 5) is 11.4. The Morgan fingerprint density at radius 2 is 1.83 bits per heavy atom. The number of anilines is 1. The van der Waals surface area contributed by atoms with E-state index in [4.69, 9.17) is 5.73 Å². The van der Waals surface area contributed by atoms with Gasteiger partial charge in [0.2, 0.25) is 15.9 Å². The van der Waals surface area contributed by atoms with Gasteiger partial charge in [0.1, 0.15) is 10.7 Å². The van der Waals surface area contributed by atoms with E-state index in [-0.39, 0.29) is 11.6 Å². The van der Waals surface area contributed by atoms with Crippen LogP contribution < -0.4 is 15.8 Å². The number of amides is 1. The van der Waals surface area contributed by atoms with Crippen LogP contribution in [-0.4, -0.2) is 25.9 Å². The predicted octanol–water partition coefficient (Wildman–Crippen LogP) is 1.82. The molecule has 0 spiro atoms. The third kappa shape index (κ3) is 5.56. The van der Waals surface area contributed by atoms with Gasteiger partial charge in [-0.15, -0.1) is 0 Å². The van der Waals surface area contributed by atoms with E-state index in [9.17, 15) is 17.6 Å². The molecule has 0 unspecified atom stereocenters. The van der Waals surface area contributed by atoms with Gasteiger partial charge in [0, 0.05) is 11.2 Å². The molecule has 0 radical (unpaired) electrons. The lowest BCUT2D eigenvalue weighted by Crippen LogP contribution is -2.41. The van der Waals surface area contributed by atoms with Gasteiger partial charge >= 0.3 is 0 Å². The zero-order valence-electron chi connectivity index (χ0n) is 14.0. The maximum atomic E-state index is 13.9. The van der Waals surface area contributed by atoms with Crippen LogP contribution in [0.4, 0.5) is 10.1 Å². The predicted molar refractivity (Wildman–Crippen MR) is 87.9 cm³/mol. The number of nitrogens with one attached hydrogen (secondary N) is 2. The van der Waals surface area contributed by atoms with Crippen molar-refractivity contribution in [2.24, 2.45) is 11.7 Å². The lowest BCUT2D eigenvalue weighted by atomic mass is 10.1. The van der Waals surface area contributed by atoms with Crippen LogP contribution in [0.1, 0.15) is 34.6 Å². The standard InChI is InChI=1S/C15H24FN3O3S/c1-9(2)13(17)14(20)18-10-6-7-11(16)12(8-10)23(21,22)19-15(3,4)5/h6-9,13,19H,17H2,1-5H3,(H,18,20)/t13-/m0/s1. The summed E-state index contributed by atoms with van der Waals surface area (Å²) in [5.41, 5.74) is 5.14. The quantitative estimate of drug-likeness (QED) is 0.757. The molecule has 1 atom stereocenters. The number of benzene rings is 1. The van der Waals surface area contributed by atoms with Gasteiger partial charge in [-0.3, -0.25) is 4.79 Å². The monoisotopic (exact) mass is 345 g/mol. The summed E-state index contributed by atoms with van der Waals surface area (Å²) >= 11 is 0. The average Bonchev–Trinajstić information content (AvgIpc) is 2.36. The first-order valence-corrected chi connectivity index (χ1v) is 8.72. The number of hydrogen-bond acceptors (Lipinski definition) is 4. The molecule has 0 aliphatic heterocycles. The first kappa shape index (κ1) is 19.5. The van der Waals surface area contributed by atoms with Crippen molar-refractivity contribution in [2.45, 2.75) is 51.1 Å². The van der Waals surface area contributed by atoms with Crippen LogP contribution >= 0.6 is 0 Å². The highest BCUT2D eigenvalue weighted by Crippen LogP contribution is 2.21. The maximum Gasteiger partial charge on any atom is 0.244 e. The molecule has 0 fully saturated rings. The smallest absolute Gasteiger partial charge is 0.244 e. The van der Waals surface area contributed by atoms with Crippen LogP contribution in [0.3, 0.4) is 0 Å². The molecule has 23 heavy (non-hydrogen) atoms. The van der Waals surface area contributed by atoms with Crippen molar-refractivity contribution in [3.63, 3.8) is 0 Å². The summed E-state index contributed by atoms with van der Waals surface area (Å²) in [6.45, 7) is 8.53. The van der Waals surface area contributed by atoms with Gasteiger partial charge in [-0.25, -0.2) is 17.5 Å². The fourth-order valence-corrected chi connectivity index (χ4v) is 3.30. The van der Waals surface area contributed by atoms with Crippen molar-refractivity contribution in [1.29, 1.82) is 0 Å². The summed E-state index contributed by atoms with van der Waals surface area (Å²) < 4.78 is 40.8. The highest BCUT2D eigenvalue weighted by Gasteiger charge is 2.26. The lowest BCUT2D eigenvalue weighted by molar-refractivity contribution is -0.118. The van der Waals surface area contributed by atoms with E-state index in [1.807, 2.05) is 0 Å². The summed E-state index contributed by atoms with van der Waals surface area (Å²) in [5.74, 6) is -1.44. The van der Waals surface area contributed by atoms with Crippen LogP contribution in [0, 0.1) is 11.7 Å². The van der Waals surface area contributed by atoms with Crippen molar-refractivity contribution in [1.82, 2.24) is 4.72 Å². The number of halogens is 1. The molecular formula is C15H24FN3O3S. The second-order valence-corrected chi connectivity index (χ2v) is 8.41. The van der Waals surface area contributed by atoms with Crippen molar-refractivity contribution in [3.05, 3.63) is 24.0 Å². The van der Waals surface area contributed by atoms with E-state index in [0.717, 1.165) is 12.1 Å². The minimum atomic E-state index is -4.05. The number of carbonyl (C=O) groups excluding carboxylic acids is 1. The molecule has 1 amide bonds. The summed E-state index contributed by atoms with van der Waals surface area (Å²) in [7, 11) is -4.05. The number of sulfonamides is 1. The molecule has 0 bridgehead atoms. The molecule has 0 saturated carbocycles. The molecule has 0 aliphatic rings. The molecule has 1 aromatic carbocycles. The zero-order valence-corrected chi connectivity index (χ0v) is 14.8. The Labute approximate surface area is 136 Å². The van der Waals surface area contributed by atoms with Gasteiger partial charge in [0.25, 0.3) is 0 Å². The molecule has 1 aromatic rings. The molecular weight excluding hydrogens is 321 g/mol. The Morgan fingerprint density at radius 3 is 2.30 bits per heavy atom. The van der Waals surface area contributed by atoms with Crippen molar-refractivity contribution in [3.8, 4) is 0 Å².